The molecule has 0 aromatic carbocycles. The number of pyridine rings is 1. The zero-order valence-corrected chi connectivity index (χ0v) is 11.0. The zero-order chi connectivity index (χ0) is 13.5. The molecule has 1 amide bonds. The third kappa shape index (κ3) is 4.33. The first-order chi connectivity index (χ1) is 8.54. The van der Waals surface area contributed by atoms with Crippen LogP contribution in [0.2, 0.25) is 0 Å². The zero-order valence-electron chi connectivity index (χ0n) is 11.0. The molecule has 1 heterocycles. The van der Waals surface area contributed by atoms with E-state index in [0.29, 0.717) is 19.0 Å². The van der Waals surface area contributed by atoms with E-state index in [9.17, 15) is 9.59 Å². The molecule has 5 nitrogen and oxygen atoms in total. The number of nitrogens with one attached hydrogen (secondary N) is 2. The molecule has 4 N–H and O–H groups in total. The SMILES string of the molecule is Cc1cc(=O)c(C(=O)NCCCC(C)CN)c[nH]1. The van der Waals surface area contributed by atoms with E-state index in [1.54, 1.807) is 6.92 Å². The molecule has 0 saturated carbocycles. The molecule has 0 aliphatic heterocycles. The molecule has 5 heteroatoms. The monoisotopic (exact) mass is 251 g/mol. The second kappa shape index (κ2) is 6.96. The van der Waals surface area contributed by atoms with E-state index in [2.05, 4.69) is 17.2 Å². The van der Waals surface area contributed by atoms with Gasteiger partial charge in [0.25, 0.3) is 5.91 Å². The summed E-state index contributed by atoms with van der Waals surface area (Å²) < 4.78 is 0. The lowest BCUT2D eigenvalue weighted by atomic mass is 10.1. The molecule has 0 bridgehead atoms. The summed E-state index contributed by atoms with van der Waals surface area (Å²) in [4.78, 5) is 26.2. The van der Waals surface area contributed by atoms with Crippen LogP contribution in [0.1, 0.15) is 35.8 Å². The summed E-state index contributed by atoms with van der Waals surface area (Å²) >= 11 is 0. The van der Waals surface area contributed by atoms with Gasteiger partial charge in [-0.15, -0.1) is 0 Å². The van der Waals surface area contributed by atoms with E-state index >= 15 is 0 Å². The first-order valence-electron chi connectivity index (χ1n) is 6.22. The molecule has 0 fully saturated rings. The number of hydrogen-bond acceptors (Lipinski definition) is 3. The second-order valence-electron chi connectivity index (χ2n) is 4.63. The number of carbonyl (C=O) groups is 1. The van der Waals surface area contributed by atoms with Crippen LogP contribution in [0.5, 0.6) is 0 Å². The molecule has 0 saturated heterocycles. The Kier molecular flexibility index (Phi) is 5.58. The maximum absolute atomic E-state index is 11.7. The molecule has 100 valence electrons. The molecular formula is C13H21N3O2. The van der Waals surface area contributed by atoms with E-state index in [4.69, 9.17) is 5.73 Å². The predicted molar refractivity (Wildman–Crippen MR) is 71.6 cm³/mol. The van der Waals surface area contributed by atoms with Gasteiger partial charge in [0, 0.05) is 24.5 Å². The summed E-state index contributed by atoms with van der Waals surface area (Å²) in [7, 11) is 0. The fraction of sp³-hybridized carbons (Fsp3) is 0.538. The van der Waals surface area contributed by atoms with Crippen molar-refractivity contribution in [2.45, 2.75) is 26.7 Å². The summed E-state index contributed by atoms with van der Waals surface area (Å²) in [5.74, 6) is 0.140. The number of rotatable bonds is 6. The van der Waals surface area contributed by atoms with Crippen molar-refractivity contribution < 1.29 is 4.79 Å². The van der Waals surface area contributed by atoms with Crippen LogP contribution in [0.4, 0.5) is 0 Å². The molecule has 1 aromatic rings. The Morgan fingerprint density at radius 1 is 1.56 bits per heavy atom. The Hall–Kier alpha value is -1.62. The van der Waals surface area contributed by atoms with Crippen LogP contribution in [0.25, 0.3) is 0 Å². The van der Waals surface area contributed by atoms with E-state index in [1.807, 2.05) is 0 Å². The number of nitrogens with two attached hydrogens (primary N) is 1. The number of aryl methyl sites for hydroxylation is 1. The lowest BCUT2D eigenvalue weighted by Gasteiger charge is -2.08. The van der Waals surface area contributed by atoms with E-state index in [1.165, 1.54) is 12.3 Å². The highest BCUT2D eigenvalue weighted by Gasteiger charge is 2.09. The van der Waals surface area contributed by atoms with Crippen molar-refractivity contribution in [3.63, 3.8) is 0 Å². The van der Waals surface area contributed by atoms with E-state index in [0.717, 1.165) is 18.5 Å². The minimum atomic E-state index is -0.323. The third-order valence-electron chi connectivity index (χ3n) is 2.86. The largest absolute Gasteiger partial charge is 0.364 e. The highest BCUT2D eigenvalue weighted by atomic mass is 16.2. The molecule has 1 atom stereocenters. The maximum atomic E-state index is 11.7. The van der Waals surface area contributed by atoms with E-state index < -0.39 is 0 Å². The predicted octanol–water partition coefficient (Wildman–Crippen LogP) is 0.788. The fourth-order valence-electron chi connectivity index (χ4n) is 1.62. The maximum Gasteiger partial charge on any atom is 0.256 e. The summed E-state index contributed by atoms with van der Waals surface area (Å²) in [6.07, 6.45) is 3.30. The minimum Gasteiger partial charge on any atom is -0.364 e. The first-order valence-corrected chi connectivity index (χ1v) is 6.22. The first kappa shape index (κ1) is 14.4. The van der Waals surface area contributed by atoms with Crippen LogP contribution in [-0.2, 0) is 0 Å². The van der Waals surface area contributed by atoms with Gasteiger partial charge >= 0.3 is 0 Å². The van der Waals surface area contributed by atoms with Crippen molar-refractivity contribution in [2.75, 3.05) is 13.1 Å². The molecule has 18 heavy (non-hydrogen) atoms. The van der Waals surface area contributed by atoms with Gasteiger partial charge in [0.1, 0.15) is 5.56 Å². The van der Waals surface area contributed by atoms with Crippen LogP contribution in [0.15, 0.2) is 17.1 Å². The molecule has 1 aromatic heterocycles. The van der Waals surface area contributed by atoms with Gasteiger partial charge < -0.3 is 16.0 Å². The van der Waals surface area contributed by atoms with Crippen LogP contribution in [-0.4, -0.2) is 24.0 Å². The lowest BCUT2D eigenvalue weighted by Crippen LogP contribution is -2.29. The van der Waals surface area contributed by atoms with Gasteiger partial charge in [-0.1, -0.05) is 6.92 Å². The van der Waals surface area contributed by atoms with Gasteiger partial charge in [0.15, 0.2) is 5.43 Å². The number of amides is 1. The van der Waals surface area contributed by atoms with Crippen molar-refractivity contribution in [2.24, 2.45) is 11.7 Å². The Bertz CT molecular complexity index is 454. The van der Waals surface area contributed by atoms with Gasteiger partial charge in [0.05, 0.1) is 0 Å². The minimum absolute atomic E-state index is 0.160. The lowest BCUT2D eigenvalue weighted by molar-refractivity contribution is 0.0951. The average molecular weight is 251 g/mol. The Morgan fingerprint density at radius 3 is 2.89 bits per heavy atom. The smallest absolute Gasteiger partial charge is 0.256 e. The third-order valence-corrected chi connectivity index (χ3v) is 2.86. The highest BCUT2D eigenvalue weighted by Crippen LogP contribution is 2.01. The molecule has 0 radical (unpaired) electrons. The topological polar surface area (TPSA) is 88.0 Å². The van der Waals surface area contributed by atoms with Crippen LogP contribution >= 0.6 is 0 Å². The van der Waals surface area contributed by atoms with Crippen molar-refractivity contribution in [1.29, 1.82) is 0 Å². The summed E-state index contributed by atoms with van der Waals surface area (Å²) in [6, 6.07) is 1.42. The molecular weight excluding hydrogens is 230 g/mol. The Morgan fingerprint density at radius 2 is 2.28 bits per heavy atom. The second-order valence-corrected chi connectivity index (χ2v) is 4.63. The number of aromatic nitrogens is 1. The van der Waals surface area contributed by atoms with E-state index in [-0.39, 0.29) is 16.9 Å². The summed E-state index contributed by atoms with van der Waals surface area (Å²) in [6.45, 7) is 5.08. The molecule has 1 unspecified atom stereocenters. The molecule has 0 aliphatic carbocycles. The van der Waals surface area contributed by atoms with Gasteiger partial charge in [-0.05, 0) is 32.2 Å². The highest BCUT2D eigenvalue weighted by molar-refractivity contribution is 5.93. The Labute approximate surface area is 107 Å². The molecule has 0 spiro atoms. The van der Waals surface area contributed by atoms with Gasteiger partial charge in [-0.2, -0.15) is 0 Å². The number of aromatic amines is 1. The van der Waals surface area contributed by atoms with Crippen LogP contribution in [0, 0.1) is 12.8 Å². The molecule has 1 rings (SSSR count). The Balaban J connectivity index is 2.44. The fourth-order valence-corrected chi connectivity index (χ4v) is 1.62. The van der Waals surface area contributed by atoms with Gasteiger partial charge in [0.2, 0.25) is 0 Å². The van der Waals surface area contributed by atoms with Crippen molar-refractivity contribution in [1.82, 2.24) is 10.3 Å². The average Bonchev–Trinajstić information content (AvgIpc) is 2.34. The number of hydrogen-bond donors (Lipinski definition) is 3. The normalized spacial score (nSPS) is 12.2. The molecule has 0 aliphatic rings. The van der Waals surface area contributed by atoms with Crippen LogP contribution < -0.4 is 16.5 Å². The van der Waals surface area contributed by atoms with Crippen molar-refractivity contribution in [3.05, 3.63) is 33.7 Å². The van der Waals surface area contributed by atoms with Gasteiger partial charge in [-0.3, -0.25) is 9.59 Å². The summed E-state index contributed by atoms with van der Waals surface area (Å²) in [5, 5.41) is 2.74. The van der Waals surface area contributed by atoms with Gasteiger partial charge in [-0.25, -0.2) is 0 Å². The number of carbonyl (C=O) groups excluding carboxylic acids is 1. The summed E-state index contributed by atoms with van der Waals surface area (Å²) in [5.41, 5.74) is 6.16. The van der Waals surface area contributed by atoms with Crippen molar-refractivity contribution >= 4 is 5.91 Å². The quantitative estimate of drug-likeness (QED) is 0.653. The standard InChI is InChI=1S/C13H21N3O2/c1-9(7-14)4-3-5-15-13(18)11-8-16-10(2)6-12(11)17/h6,8-9H,3-5,7,14H2,1-2H3,(H,15,18)(H,16,17). The van der Waals surface area contributed by atoms with Crippen LogP contribution in [0.3, 0.4) is 0 Å². The number of H-pyrrole nitrogens is 1. The van der Waals surface area contributed by atoms with Crippen molar-refractivity contribution in [3.8, 4) is 0 Å².